The van der Waals surface area contributed by atoms with Crippen LogP contribution < -0.4 is 4.90 Å². The van der Waals surface area contributed by atoms with Crippen LogP contribution in [0.4, 0.5) is 10.1 Å². The number of hydrogen-bond donors (Lipinski definition) is 1. The summed E-state index contributed by atoms with van der Waals surface area (Å²) in [7, 11) is 3.87. The number of hydrogen-bond acceptors (Lipinski definition) is 3. The van der Waals surface area contributed by atoms with Crippen LogP contribution in [0.3, 0.4) is 0 Å². The number of aromatic nitrogens is 2. The minimum atomic E-state index is -1.04. The summed E-state index contributed by atoms with van der Waals surface area (Å²) in [5, 5.41) is 14.5. The van der Waals surface area contributed by atoms with Crippen LogP contribution >= 0.6 is 11.6 Å². The van der Waals surface area contributed by atoms with Crippen molar-refractivity contribution in [2.24, 2.45) is 0 Å². The van der Waals surface area contributed by atoms with E-state index in [4.69, 9.17) is 16.7 Å². The Labute approximate surface area is 154 Å². The monoisotopic (exact) mass is 373 g/mol. The third kappa shape index (κ3) is 3.70. The summed E-state index contributed by atoms with van der Waals surface area (Å²) in [4.78, 5) is 12.8. The number of carboxylic acid groups (broad SMARTS) is 1. The second-order valence-electron chi connectivity index (χ2n) is 6.05. The Hall–Kier alpha value is -2.86. The van der Waals surface area contributed by atoms with E-state index < -0.39 is 11.8 Å². The predicted molar refractivity (Wildman–Crippen MR) is 101 cm³/mol. The number of carbonyl (C=O) groups is 1. The summed E-state index contributed by atoms with van der Waals surface area (Å²) < 4.78 is 15.0. The molecule has 0 bridgehead atoms. The van der Waals surface area contributed by atoms with Crippen molar-refractivity contribution in [3.05, 3.63) is 64.6 Å². The maximum Gasteiger partial charge on any atom is 0.328 e. The van der Waals surface area contributed by atoms with Gasteiger partial charge < -0.3 is 10.0 Å². The van der Waals surface area contributed by atoms with Crippen LogP contribution in [-0.2, 0) is 11.3 Å². The summed E-state index contributed by atoms with van der Waals surface area (Å²) in [5.74, 6) is -1.44. The van der Waals surface area contributed by atoms with Crippen molar-refractivity contribution >= 4 is 40.2 Å². The third-order valence-electron chi connectivity index (χ3n) is 4.00. The first-order valence-corrected chi connectivity index (χ1v) is 8.26. The summed E-state index contributed by atoms with van der Waals surface area (Å²) in [5.41, 5.74) is 3.09. The van der Waals surface area contributed by atoms with Crippen LogP contribution in [0.1, 0.15) is 11.3 Å². The van der Waals surface area contributed by atoms with E-state index >= 15 is 0 Å². The molecule has 0 aliphatic heterocycles. The van der Waals surface area contributed by atoms with Crippen LogP contribution in [0.5, 0.6) is 0 Å². The quantitative estimate of drug-likeness (QED) is 0.686. The highest BCUT2D eigenvalue weighted by Gasteiger charge is 2.12. The lowest BCUT2D eigenvalue weighted by atomic mass is 10.1. The van der Waals surface area contributed by atoms with Gasteiger partial charge in [-0.15, -0.1) is 0 Å². The number of fused-ring (bicyclic) bond motifs is 1. The van der Waals surface area contributed by atoms with E-state index in [0.717, 1.165) is 28.2 Å². The number of rotatable bonds is 5. The molecule has 3 aromatic rings. The smallest absolute Gasteiger partial charge is 0.328 e. The second-order valence-corrected chi connectivity index (χ2v) is 6.45. The van der Waals surface area contributed by atoms with E-state index in [1.54, 1.807) is 10.7 Å². The predicted octanol–water partition coefficient (Wildman–Crippen LogP) is 4.04. The normalized spacial score (nSPS) is 11.4. The van der Waals surface area contributed by atoms with Gasteiger partial charge in [0.1, 0.15) is 5.82 Å². The summed E-state index contributed by atoms with van der Waals surface area (Å²) in [6.45, 7) is 0.341. The van der Waals surface area contributed by atoms with Gasteiger partial charge in [0.25, 0.3) is 0 Å². The first kappa shape index (κ1) is 17.9. The number of aliphatic carboxylic acids is 1. The highest BCUT2D eigenvalue weighted by atomic mass is 35.5. The fourth-order valence-electron chi connectivity index (χ4n) is 2.67. The van der Waals surface area contributed by atoms with Crippen LogP contribution in [0.2, 0.25) is 5.02 Å². The van der Waals surface area contributed by atoms with E-state index in [2.05, 4.69) is 5.10 Å². The number of carboxylic acids is 1. The standard InChI is InChI=1S/C19H17ClFN3O2/c1-23(2)14-5-6-15-17(7-8-19(25)26)22-24(18(15)10-14)11-12-3-4-13(21)9-16(12)20/h3-10H,11H2,1-2H3,(H,25,26)/b8-7+. The van der Waals surface area contributed by atoms with E-state index in [-0.39, 0.29) is 0 Å². The van der Waals surface area contributed by atoms with Crippen molar-refractivity contribution in [3.8, 4) is 0 Å². The van der Waals surface area contributed by atoms with Gasteiger partial charge in [-0.1, -0.05) is 17.7 Å². The number of benzene rings is 2. The van der Waals surface area contributed by atoms with Crippen LogP contribution in [-0.4, -0.2) is 35.0 Å². The molecule has 0 saturated carbocycles. The Morgan fingerprint density at radius 1 is 1.31 bits per heavy atom. The third-order valence-corrected chi connectivity index (χ3v) is 4.35. The molecule has 1 aromatic heterocycles. The Morgan fingerprint density at radius 2 is 2.08 bits per heavy atom. The second kappa shape index (κ2) is 7.17. The molecule has 0 saturated heterocycles. The van der Waals surface area contributed by atoms with Gasteiger partial charge in [0.05, 0.1) is 17.8 Å². The van der Waals surface area contributed by atoms with Gasteiger partial charge in [-0.3, -0.25) is 4.68 Å². The summed E-state index contributed by atoms with van der Waals surface area (Å²) >= 11 is 6.14. The molecule has 7 heteroatoms. The van der Waals surface area contributed by atoms with Gasteiger partial charge in [-0.25, -0.2) is 9.18 Å². The molecule has 0 aliphatic rings. The molecule has 0 aliphatic carbocycles. The lowest BCUT2D eigenvalue weighted by Gasteiger charge is -2.13. The van der Waals surface area contributed by atoms with E-state index in [1.807, 2.05) is 37.2 Å². The number of nitrogens with zero attached hydrogens (tertiary/aromatic N) is 3. The lowest BCUT2D eigenvalue weighted by molar-refractivity contribution is -0.131. The molecule has 2 aromatic carbocycles. The molecule has 3 rings (SSSR count). The van der Waals surface area contributed by atoms with Crippen LogP contribution in [0, 0.1) is 5.82 Å². The molecule has 26 heavy (non-hydrogen) atoms. The molecule has 1 N–H and O–H groups in total. The Balaban J connectivity index is 2.12. The van der Waals surface area contributed by atoms with Crippen molar-refractivity contribution in [1.82, 2.24) is 9.78 Å². The van der Waals surface area contributed by atoms with Crippen molar-refractivity contribution in [1.29, 1.82) is 0 Å². The molecular formula is C19H17ClFN3O2. The molecular weight excluding hydrogens is 357 g/mol. The molecule has 0 spiro atoms. The Bertz CT molecular complexity index is 1010. The van der Waals surface area contributed by atoms with Gasteiger partial charge in [0.15, 0.2) is 0 Å². The highest BCUT2D eigenvalue weighted by molar-refractivity contribution is 6.31. The van der Waals surface area contributed by atoms with E-state index in [9.17, 15) is 9.18 Å². The highest BCUT2D eigenvalue weighted by Crippen LogP contribution is 2.27. The molecule has 5 nitrogen and oxygen atoms in total. The molecule has 0 radical (unpaired) electrons. The van der Waals surface area contributed by atoms with Crippen molar-refractivity contribution in [2.45, 2.75) is 6.54 Å². The zero-order valence-electron chi connectivity index (χ0n) is 14.3. The fourth-order valence-corrected chi connectivity index (χ4v) is 2.90. The summed E-state index contributed by atoms with van der Waals surface area (Å²) in [6, 6.07) is 10.0. The molecule has 134 valence electrons. The van der Waals surface area contributed by atoms with Gasteiger partial charge in [-0.05, 0) is 42.0 Å². The van der Waals surface area contributed by atoms with Gasteiger partial charge in [0, 0.05) is 36.3 Å². The Kier molecular flexibility index (Phi) is 4.95. The average Bonchev–Trinajstić information content (AvgIpc) is 2.92. The minimum Gasteiger partial charge on any atom is -0.478 e. The van der Waals surface area contributed by atoms with Gasteiger partial charge in [0.2, 0.25) is 0 Å². The van der Waals surface area contributed by atoms with E-state index in [0.29, 0.717) is 17.3 Å². The zero-order valence-corrected chi connectivity index (χ0v) is 15.0. The van der Waals surface area contributed by atoms with Crippen LogP contribution in [0.15, 0.2) is 42.5 Å². The SMILES string of the molecule is CN(C)c1ccc2c(/C=C/C(=O)O)nn(Cc3ccc(F)cc3Cl)c2c1. The molecule has 0 atom stereocenters. The van der Waals surface area contributed by atoms with Gasteiger partial charge >= 0.3 is 5.97 Å². The Morgan fingerprint density at radius 3 is 2.73 bits per heavy atom. The minimum absolute atomic E-state index is 0.319. The van der Waals surface area contributed by atoms with Crippen LogP contribution in [0.25, 0.3) is 17.0 Å². The van der Waals surface area contributed by atoms with Crippen molar-refractivity contribution in [3.63, 3.8) is 0 Å². The topological polar surface area (TPSA) is 58.4 Å². The number of halogens is 2. The maximum absolute atomic E-state index is 13.3. The molecule has 0 amide bonds. The molecule has 0 fully saturated rings. The number of anilines is 1. The molecule has 0 unspecified atom stereocenters. The van der Waals surface area contributed by atoms with Crippen molar-refractivity contribution in [2.75, 3.05) is 19.0 Å². The first-order valence-electron chi connectivity index (χ1n) is 7.88. The zero-order chi connectivity index (χ0) is 18.8. The van der Waals surface area contributed by atoms with E-state index in [1.165, 1.54) is 18.2 Å². The largest absolute Gasteiger partial charge is 0.478 e. The summed E-state index contributed by atoms with van der Waals surface area (Å²) in [6.07, 6.45) is 2.51. The first-order chi connectivity index (χ1) is 12.3. The fraction of sp³-hybridized carbons (Fsp3) is 0.158. The maximum atomic E-state index is 13.3. The molecule has 1 heterocycles. The van der Waals surface area contributed by atoms with Crippen molar-refractivity contribution < 1.29 is 14.3 Å². The van der Waals surface area contributed by atoms with Gasteiger partial charge in [-0.2, -0.15) is 5.10 Å². The average molecular weight is 374 g/mol. The lowest BCUT2D eigenvalue weighted by Crippen LogP contribution is -2.09.